The van der Waals surface area contributed by atoms with Crippen molar-refractivity contribution in [3.63, 3.8) is 0 Å². The number of hydrogen-bond donors (Lipinski definition) is 1. The highest BCUT2D eigenvalue weighted by Crippen LogP contribution is 2.36. The van der Waals surface area contributed by atoms with E-state index in [4.69, 9.17) is 0 Å². The van der Waals surface area contributed by atoms with Gasteiger partial charge in [-0.15, -0.1) is 0 Å². The Hall–Kier alpha value is -1.67. The van der Waals surface area contributed by atoms with Crippen molar-refractivity contribution in [2.24, 2.45) is 0 Å². The van der Waals surface area contributed by atoms with Crippen LogP contribution < -0.4 is 5.32 Å². The first kappa shape index (κ1) is 12.4. The summed E-state index contributed by atoms with van der Waals surface area (Å²) in [5.74, 6) is 0. The van der Waals surface area contributed by atoms with Crippen LogP contribution in [0, 0.1) is 0 Å². The summed E-state index contributed by atoms with van der Waals surface area (Å²) in [6, 6.07) is 13.3. The lowest BCUT2D eigenvalue weighted by atomic mass is 9.99. The van der Waals surface area contributed by atoms with E-state index in [0.717, 1.165) is 18.7 Å². The molecule has 1 atom stereocenters. The Morgan fingerprint density at radius 3 is 2.95 bits per heavy atom. The molecular formula is C17H20N2. The second kappa shape index (κ2) is 5.54. The van der Waals surface area contributed by atoms with Crippen LogP contribution in [0.4, 0.5) is 0 Å². The van der Waals surface area contributed by atoms with Crippen molar-refractivity contribution >= 4 is 0 Å². The van der Waals surface area contributed by atoms with Gasteiger partial charge in [0.2, 0.25) is 0 Å². The number of hydrogen-bond acceptors (Lipinski definition) is 2. The topological polar surface area (TPSA) is 24.9 Å². The molecule has 1 N–H and O–H groups in total. The third-order valence-electron chi connectivity index (χ3n) is 3.85. The van der Waals surface area contributed by atoms with Gasteiger partial charge in [-0.2, -0.15) is 0 Å². The predicted octanol–water partition coefficient (Wildman–Crippen LogP) is 3.74. The van der Waals surface area contributed by atoms with Gasteiger partial charge in [0.1, 0.15) is 0 Å². The molecule has 2 heteroatoms. The maximum absolute atomic E-state index is 4.49. The quantitative estimate of drug-likeness (QED) is 0.896. The average molecular weight is 252 g/mol. The molecule has 98 valence electrons. The molecule has 1 aliphatic carbocycles. The van der Waals surface area contributed by atoms with E-state index in [1.807, 2.05) is 12.3 Å². The fourth-order valence-corrected chi connectivity index (χ4v) is 2.95. The number of pyridine rings is 1. The summed E-state index contributed by atoms with van der Waals surface area (Å²) >= 11 is 0. The fraction of sp³-hybridized carbons (Fsp3) is 0.353. The number of nitrogens with one attached hydrogen (secondary N) is 1. The van der Waals surface area contributed by atoms with E-state index in [2.05, 4.69) is 47.6 Å². The standard InChI is InChI=1S/C17H20N2/c1-2-11-18-17-10-9-13-14(6-5-7-15(13)17)16-8-3-4-12-19-16/h3-8,12,17-18H,2,9-11H2,1H3. The minimum Gasteiger partial charge on any atom is -0.310 e. The Morgan fingerprint density at radius 1 is 1.21 bits per heavy atom. The van der Waals surface area contributed by atoms with Gasteiger partial charge in [0.15, 0.2) is 0 Å². The highest BCUT2D eigenvalue weighted by Gasteiger charge is 2.24. The molecule has 0 amide bonds. The van der Waals surface area contributed by atoms with Crippen LogP contribution in [0.25, 0.3) is 11.3 Å². The Bertz CT molecular complexity index is 548. The second-order valence-corrected chi connectivity index (χ2v) is 5.13. The Morgan fingerprint density at radius 2 is 2.16 bits per heavy atom. The molecule has 1 aromatic carbocycles. The molecule has 0 bridgehead atoms. The third kappa shape index (κ3) is 2.41. The number of aromatic nitrogens is 1. The molecule has 1 unspecified atom stereocenters. The summed E-state index contributed by atoms with van der Waals surface area (Å²) < 4.78 is 0. The largest absolute Gasteiger partial charge is 0.310 e. The van der Waals surface area contributed by atoms with Gasteiger partial charge in [0.05, 0.1) is 5.69 Å². The molecular weight excluding hydrogens is 232 g/mol. The molecule has 3 rings (SSSR count). The summed E-state index contributed by atoms with van der Waals surface area (Å²) in [6.07, 6.45) is 5.42. The molecule has 1 heterocycles. The number of rotatable bonds is 4. The van der Waals surface area contributed by atoms with Crippen LogP contribution in [0.3, 0.4) is 0 Å². The minimum absolute atomic E-state index is 0.526. The highest BCUT2D eigenvalue weighted by molar-refractivity contribution is 5.66. The molecule has 2 nitrogen and oxygen atoms in total. The number of nitrogens with zero attached hydrogens (tertiary/aromatic N) is 1. The van der Waals surface area contributed by atoms with Gasteiger partial charge in [-0.3, -0.25) is 4.98 Å². The zero-order chi connectivity index (χ0) is 13.1. The van der Waals surface area contributed by atoms with Crippen molar-refractivity contribution in [3.8, 4) is 11.3 Å². The van der Waals surface area contributed by atoms with E-state index in [1.54, 1.807) is 0 Å². The monoisotopic (exact) mass is 252 g/mol. The van der Waals surface area contributed by atoms with E-state index in [0.29, 0.717) is 6.04 Å². The first-order valence-corrected chi connectivity index (χ1v) is 7.16. The van der Waals surface area contributed by atoms with E-state index in [-0.39, 0.29) is 0 Å². The van der Waals surface area contributed by atoms with Crippen molar-refractivity contribution in [2.45, 2.75) is 32.2 Å². The molecule has 1 aromatic heterocycles. The van der Waals surface area contributed by atoms with Gasteiger partial charge in [-0.05, 0) is 49.1 Å². The summed E-state index contributed by atoms with van der Waals surface area (Å²) in [4.78, 5) is 4.49. The van der Waals surface area contributed by atoms with Gasteiger partial charge < -0.3 is 5.32 Å². The molecule has 19 heavy (non-hydrogen) atoms. The van der Waals surface area contributed by atoms with Crippen molar-refractivity contribution in [1.82, 2.24) is 10.3 Å². The van der Waals surface area contributed by atoms with Gasteiger partial charge in [-0.1, -0.05) is 31.2 Å². The maximum Gasteiger partial charge on any atom is 0.0704 e. The number of fused-ring (bicyclic) bond motifs is 1. The molecule has 0 aliphatic heterocycles. The summed E-state index contributed by atoms with van der Waals surface area (Å²) in [6.45, 7) is 3.31. The van der Waals surface area contributed by atoms with E-state index in [9.17, 15) is 0 Å². The molecule has 0 spiro atoms. The zero-order valence-electron chi connectivity index (χ0n) is 11.4. The van der Waals surface area contributed by atoms with E-state index < -0.39 is 0 Å². The maximum atomic E-state index is 4.49. The van der Waals surface area contributed by atoms with Crippen LogP contribution in [0.1, 0.15) is 36.9 Å². The summed E-state index contributed by atoms with van der Waals surface area (Å²) in [7, 11) is 0. The van der Waals surface area contributed by atoms with Crippen molar-refractivity contribution in [2.75, 3.05) is 6.54 Å². The van der Waals surface area contributed by atoms with Gasteiger partial charge in [0, 0.05) is 17.8 Å². The molecule has 0 saturated carbocycles. The Balaban J connectivity index is 1.95. The van der Waals surface area contributed by atoms with Crippen molar-refractivity contribution in [1.29, 1.82) is 0 Å². The van der Waals surface area contributed by atoms with Crippen LogP contribution in [0.15, 0.2) is 42.6 Å². The second-order valence-electron chi connectivity index (χ2n) is 5.13. The lowest BCUT2D eigenvalue weighted by molar-refractivity contribution is 0.529. The molecule has 0 radical (unpaired) electrons. The van der Waals surface area contributed by atoms with Crippen LogP contribution in [-0.2, 0) is 6.42 Å². The van der Waals surface area contributed by atoms with Crippen LogP contribution in [-0.4, -0.2) is 11.5 Å². The lowest BCUT2D eigenvalue weighted by Crippen LogP contribution is -2.19. The number of benzene rings is 1. The van der Waals surface area contributed by atoms with Gasteiger partial charge in [-0.25, -0.2) is 0 Å². The average Bonchev–Trinajstić information content (AvgIpc) is 2.89. The van der Waals surface area contributed by atoms with Crippen LogP contribution in [0.2, 0.25) is 0 Å². The smallest absolute Gasteiger partial charge is 0.0704 e. The lowest BCUT2D eigenvalue weighted by Gasteiger charge is -2.14. The van der Waals surface area contributed by atoms with Crippen LogP contribution in [0.5, 0.6) is 0 Å². The van der Waals surface area contributed by atoms with E-state index in [1.165, 1.54) is 29.5 Å². The normalized spacial score (nSPS) is 17.4. The van der Waals surface area contributed by atoms with Gasteiger partial charge in [0.25, 0.3) is 0 Å². The van der Waals surface area contributed by atoms with Crippen molar-refractivity contribution in [3.05, 3.63) is 53.7 Å². The predicted molar refractivity (Wildman–Crippen MR) is 79.0 cm³/mol. The first-order chi connectivity index (χ1) is 9.40. The van der Waals surface area contributed by atoms with Crippen LogP contribution >= 0.6 is 0 Å². The van der Waals surface area contributed by atoms with Crippen molar-refractivity contribution < 1.29 is 0 Å². The summed E-state index contributed by atoms with van der Waals surface area (Å²) in [5.41, 5.74) is 5.35. The fourth-order valence-electron chi connectivity index (χ4n) is 2.95. The third-order valence-corrected chi connectivity index (χ3v) is 3.85. The minimum atomic E-state index is 0.526. The summed E-state index contributed by atoms with van der Waals surface area (Å²) in [5, 5.41) is 3.65. The Labute approximate surface area is 114 Å². The SMILES string of the molecule is CCCNC1CCc2c(-c3ccccn3)cccc21. The van der Waals surface area contributed by atoms with Gasteiger partial charge >= 0.3 is 0 Å². The first-order valence-electron chi connectivity index (χ1n) is 7.16. The molecule has 0 saturated heterocycles. The molecule has 1 aliphatic rings. The highest BCUT2D eigenvalue weighted by atomic mass is 14.9. The molecule has 0 fully saturated rings. The van der Waals surface area contributed by atoms with E-state index >= 15 is 0 Å². The molecule has 2 aromatic rings. The zero-order valence-corrected chi connectivity index (χ0v) is 11.4. The Kier molecular flexibility index (Phi) is 3.60.